The summed E-state index contributed by atoms with van der Waals surface area (Å²) in [5.41, 5.74) is 5.31. The molecular weight excluding hydrogens is 504 g/mol. The summed E-state index contributed by atoms with van der Waals surface area (Å²) >= 11 is 6.13. The molecule has 0 bridgehead atoms. The highest BCUT2D eigenvalue weighted by Crippen LogP contribution is 2.23. The number of aryl methyl sites for hydroxylation is 3. The second-order valence-electron chi connectivity index (χ2n) is 9.07. The summed E-state index contributed by atoms with van der Waals surface area (Å²) in [5, 5.41) is 16.2. The summed E-state index contributed by atoms with van der Waals surface area (Å²) < 4.78 is 5.58. The van der Waals surface area contributed by atoms with Crippen LogP contribution in [0.5, 0.6) is 0 Å². The number of carboxylic acids is 1. The molecule has 0 aliphatic heterocycles. The number of anilines is 1. The Morgan fingerprint density at radius 2 is 1.87 bits per heavy atom. The van der Waals surface area contributed by atoms with Crippen molar-refractivity contribution in [1.29, 1.82) is 0 Å². The third kappa shape index (κ3) is 6.58. The Morgan fingerprint density at radius 3 is 2.55 bits per heavy atom. The zero-order valence-corrected chi connectivity index (χ0v) is 22.2. The number of halogens is 1. The van der Waals surface area contributed by atoms with Crippen molar-refractivity contribution in [1.82, 2.24) is 15.3 Å². The third-order valence-electron chi connectivity index (χ3n) is 6.17. The van der Waals surface area contributed by atoms with Gasteiger partial charge in [-0.3, -0.25) is 4.79 Å². The Kier molecular flexibility index (Phi) is 8.43. The fraction of sp³-hybridized carbons (Fsp3) is 0.241. The largest absolute Gasteiger partial charge is 0.480 e. The van der Waals surface area contributed by atoms with Crippen molar-refractivity contribution in [3.05, 3.63) is 99.7 Å². The molecule has 0 radical (unpaired) electrons. The molecule has 0 saturated carbocycles. The van der Waals surface area contributed by atoms with E-state index in [-0.39, 0.29) is 6.42 Å². The molecule has 2 heterocycles. The van der Waals surface area contributed by atoms with E-state index in [0.29, 0.717) is 40.7 Å². The number of hydrogen-bond donors (Lipinski definition) is 3. The predicted octanol–water partition coefficient (Wildman–Crippen LogP) is 5.61. The standard InChI is InChI=1S/C29H29ClN4O4/c1-4-20-14-22(30)12-18(3)27(20)28(35)34-23(29(36)37)13-19-5-7-21(8-6-19)24-16-38-26(33-24)15-32-25-11-17(2)9-10-31-25/h5-12,14,16,23H,4,13,15H2,1-3H3,(H,31,32)(H,34,35)(H,36,37). The molecule has 0 aliphatic rings. The second-order valence-corrected chi connectivity index (χ2v) is 9.51. The minimum Gasteiger partial charge on any atom is -0.480 e. The van der Waals surface area contributed by atoms with E-state index in [1.165, 1.54) is 0 Å². The highest BCUT2D eigenvalue weighted by Gasteiger charge is 2.24. The summed E-state index contributed by atoms with van der Waals surface area (Å²) in [6.45, 7) is 6.10. The van der Waals surface area contributed by atoms with Crippen molar-refractivity contribution >= 4 is 29.3 Å². The van der Waals surface area contributed by atoms with Crippen LogP contribution in [0.1, 0.15) is 45.4 Å². The van der Waals surface area contributed by atoms with Gasteiger partial charge in [-0.05, 0) is 66.8 Å². The van der Waals surface area contributed by atoms with Gasteiger partial charge in [-0.1, -0.05) is 42.8 Å². The van der Waals surface area contributed by atoms with Gasteiger partial charge in [0.15, 0.2) is 0 Å². The summed E-state index contributed by atoms with van der Waals surface area (Å²) in [6.07, 6.45) is 4.05. The molecule has 0 aliphatic carbocycles. The van der Waals surface area contributed by atoms with Gasteiger partial charge in [0, 0.05) is 28.8 Å². The molecule has 1 atom stereocenters. The van der Waals surface area contributed by atoms with E-state index in [2.05, 4.69) is 20.6 Å². The molecule has 4 aromatic rings. The lowest BCUT2D eigenvalue weighted by molar-refractivity contribution is -0.139. The summed E-state index contributed by atoms with van der Waals surface area (Å²) in [7, 11) is 0. The molecule has 38 heavy (non-hydrogen) atoms. The van der Waals surface area contributed by atoms with Gasteiger partial charge in [0.1, 0.15) is 23.8 Å². The van der Waals surface area contributed by atoms with E-state index < -0.39 is 17.9 Å². The maximum absolute atomic E-state index is 13.0. The average molecular weight is 533 g/mol. The lowest BCUT2D eigenvalue weighted by atomic mass is 9.98. The minimum atomic E-state index is -1.11. The zero-order valence-electron chi connectivity index (χ0n) is 21.4. The number of oxazole rings is 1. The number of carboxylic acid groups (broad SMARTS) is 1. The van der Waals surface area contributed by atoms with E-state index in [9.17, 15) is 14.7 Å². The van der Waals surface area contributed by atoms with Gasteiger partial charge in [0.2, 0.25) is 5.89 Å². The highest BCUT2D eigenvalue weighted by molar-refractivity contribution is 6.30. The lowest BCUT2D eigenvalue weighted by Crippen LogP contribution is -2.42. The lowest BCUT2D eigenvalue weighted by Gasteiger charge is -2.18. The molecule has 0 saturated heterocycles. The molecule has 0 fully saturated rings. The average Bonchev–Trinajstić information content (AvgIpc) is 3.36. The monoisotopic (exact) mass is 532 g/mol. The Labute approximate surface area is 226 Å². The molecule has 3 N–H and O–H groups in total. The van der Waals surface area contributed by atoms with Gasteiger partial charge in [-0.15, -0.1) is 0 Å². The number of rotatable bonds is 10. The van der Waals surface area contributed by atoms with Crippen LogP contribution in [0.2, 0.25) is 5.02 Å². The van der Waals surface area contributed by atoms with Crippen LogP contribution in [0.15, 0.2) is 65.4 Å². The van der Waals surface area contributed by atoms with Crippen LogP contribution >= 0.6 is 11.6 Å². The van der Waals surface area contributed by atoms with Crippen LogP contribution in [0.4, 0.5) is 5.82 Å². The van der Waals surface area contributed by atoms with Crippen LogP contribution in [0.3, 0.4) is 0 Å². The minimum absolute atomic E-state index is 0.132. The SMILES string of the molecule is CCc1cc(Cl)cc(C)c1C(=O)NC(Cc1ccc(-c2coc(CNc3cc(C)ccn3)n2)cc1)C(=O)O. The summed E-state index contributed by atoms with van der Waals surface area (Å²) in [6, 6.07) is 13.6. The number of amides is 1. The molecule has 1 amide bonds. The first-order valence-electron chi connectivity index (χ1n) is 12.3. The van der Waals surface area contributed by atoms with Gasteiger partial charge in [-0.25, -0.2) is 14.8 Å². The summed E-state index contributed by atoms with van der Waals surface area (Å²) in [4.78, 5) is 33.8. The fourth-order valence-electron chi connectivity index (χ4n) is 4.22. The Balaban J connectivity index is 1.41. The van der Waals surface area contributed by atoms with Crippen molar-refractivity contribution in [3.63, 3.8) is 0 Å². The first-order chi connectivity index (χ1) is 18.2. The number of carbonyl (C=O) groups is 2. The molecular formula is C29H29ClN4O4. The van der Waals surface area contributed by atoms with E-state index in [4.69, 9.17) is 16.0 Å². The molecule has 0 spiro atoms. The zero-order chi connectivity index (χ0) is 27.2. The second kappa shape index (κ2) is 11.9. The highest BCUT2D eigenvalue weighted by atomic mass is 35.5. The molecule has 8 nitrogen and oxygen atoms in total. The van der Waals surface area contributed by atoms with Crippen molar-refractivity contribution in [2.45, 2.75) is 46.2 Å². The number of aliphatic carboxylic acids is 1. The maximum Gasteiger partial charge on any atom is 0.326 e. The molecule has 4 rings (SSSR count). The van der Waals surface area contributed by atoms with Crippen molar-refractivity contribution < 1.29 is 19.1 Å². The number of nitrogens with one attached hydrogen (secondary N) is 2. The van der Waals surface area contributed by atoms with E-state index in [1.807, 2.05) is 50.2 Å². The van der Waals surface area contributed by atoms with Crippen LogP contribution in [-0.2, 0) is 24.2 Å². The van der Waals surface area contributed by atoms with Crippen molar-refractivity contribution in [3.8, 4) is 11.3 Å². The first-order valence-corrected chi connectivity index (χ1v) is 12.6. The Hall–Kier alpha value is -4.17. The fourth-order valence-corrected chi connectivity index (χ4v) is 4.51. The van der Waals surface area contributed by atoms with Crippen LogP contribution in [0.25, 0.3) is 11.3 Å². The smallest absolute Gasteiger partial charge is 0.326 e. The van der Waals surface area contributed by atoms with Gasteiger partial charge < -0.3 is 20.2 Å². The molecule has 2 aromatic carbocycles. The quantitative estimate of drug-likeness (QED) is 0.243. The molecule has 1 unspecified atom stereocenters. The maximum atomic E-state index is 13.0. The van der Waals surface area contributed by atoms with E-state index in [1.54, 1.807) is 31.5 Å². The molecule has 196 valence electrons. The van der Waals surface area contributed by atoms with E-state index >= 15 is 0 Å². The van der Waals surface area contributed by atoms with Gasteiger partial charge in [-0.2, -0.15) is 0 Å². The Morgan fingerprint density at radius 1 is 1.11 bits per heavy atom. The van der Waals surface area contributed by atoms with Crippen molar-refractivity contribution in [2.75, 3.05) is 5.32 Å². The number of hydrogen-bond acceptors (Lipinski definition) is 6. The number of pyridine rings is 1. The van der Waals surface area contributed by atoms with Gasteiger partial charge in [0.05, 0.1) is 6.54 Å². The number of benzene rings is 2. The summed E-state index contributed by atoms with van der Waals surface area (Å²) in [5.74, 6) is -0.273. The van der Waals surface area contributed by atoms with Crippen molar-refractivity contribution in [2.24, 2.45) is 0 Å². The van der Waals surface area contributed by atoms with E-state index in [0.717, 1.165) is 28.1 Å². The molecule has 9 heteroatoms. The number of nitrogens with zero attached hydrogens (tertiary/aromatic N) is 2. The van der Waals surface area contributed by atoms with Crippen LogP contribution in [0, 0.1) is 13.8 Å². The van der Waals surface area contributed by atoms with Crippen LogP contribution < -0.4 is 10.6 Å². The van der Waals surface area contributed by atoms with Gasteiger partial charge in [0.25, 0.3) is 5.91 Å². The van der Waals surface area contributed by atoms with Gasteiger partial charge >= 0.3 is 5.97 Å². The third-order valence-corrected chi connectivity index (χ3v) is 6.39. The Bertz CT molecular complexity index is 1450. The molecule has 2 aromatic heterocycles. The topological polar surface area (TPSA) is 117 Å². The number of carbonyl (C=O) groups excluding carboxylic acids is 1. The first kappa shape index (κ1) is 26.9. The number of aromatic nitrogens is 2. The predicted molar refractivity (Wildman–Crippen MR) is 146 cm³/mol. The normalized spacial score (nSPS) is 11.7. The van der Waals surface area contributed by atoms with Crippen LogP contribution in [-0.4, -0.2) is 33.0 Å².